The number of benzene rings is 1. The Morgan fingerprint density at radius 2 is 2.00 bits per heavy atom. The smallest absolute Gasteiger partial charge is 0.0544 e. The van der Waals surface area contributed by atoms with Crippen LogP contribution in [0.4, 0.5) is 0 Å². The predicted molar refractivity (Wildman–Crippen MR) is 62.6 cm³/mol. The van der Waals surface area contributed by atoms with Gasteiger partial charge in [-0.25, -0.2) is 0 Å². The Bertz CT molecular complexity index is 754. The van der Waals surface area contributed by atoms with Crippen molar-refractivity contribution in [2.75, 3.05) is 0 Å². The monoisotopic (exact) mass is 191 g/mol. The van der Waals surface area contributed by atoms with Gasteiger partial charge in [-0.1, -0.05) is 36.4 Å². The van der Waals surface area contributed by atoms with Crippen molar-refractivity contribution in [2.45, 2.75) is 0 Å². The van der Waals surface area contributed by atoms with Crippen molar-refractivity contribution < 1.29 is 0 Å². The Balaban J connectivity index is 2.35. The molecule has 1 aromatic heterocycles. The molecule has 1 heteroatoms. The zero-order chi connectivity index (χ0) is 9.83. The molecular formula is C14H9N. The first-order valence-corrected chi connectivity index (χ1v) is 5.15. The van der Waals surface area contributed by atoms with Gasteiger partial charge in [0.15, 0.2) is 0 Å². The number of aromatic amines is 1. The molecule has 0 radical (unpaired) electrons. The van der Waals surface area contributed by atoms with Crippen LogP contribution in [0.5, 0.6) is 0 Å². The van der Waals surface area contributed by atoms with Gasteiger partial charge >= 0.3 is 0 Å². The minimum Gasteiger partial charge on any atom is -0.354 e. The van der Waals surface area contributed by atoms with Crippen LogP contribution in [-0.4, -0.2) is 4.98 Å². The zero-order valence-electron chi connectivity index (χ0n) is 8.12. The molecule has 15 heavy (non-hydrogen) atoms. The van der Waals surface area contributed by atoms with Crippen molar-refractivity contribution in [1.29, 1.82) is 0 Å². The lowest BCUT2D eigenvalue weighted by molar-refractivity contribution is 1.36. The fourth-order valence-electron chi connectivity index (χ4n) is 2.47. The molecule has 1 aromatic carbocycles. The normalized spacial score (nSPS) is 16.5. The number of H-pyrrole nitrogens is 1. The summed E-state index contributed by atoms with van der Waals surface area (Å²) >= 11 is 0. The SMILES string of the molecule is C1=CC2=c3[nH]c4ccccc4c3=CC2=C1. The Kier molecular flexibility index (Phi) is 1.13. The van der Waals surface area contributed by atoms with Crippen LogP contribution >= 0.6 is 0 Å². The predicted octanol–water partition coefficient (Wildman–Crippen LogP) is 1.61. The lowest BCUT2D eigenvalue weighted by Crippen LogP contribution is -2.20. The van der Waals surface area contributed by atoms with E-state index >= 15 is 0 Å². The Morgan fingerprint density at radius 3 is 3.00 bits per heavy atom. The molecule has 2 aliphatic carbocycles. The van der Waals surface area contributed by atoms with E-state index in [2.05, 4.69) is 53.6 Å². The van der Waals surface area contributed by atoms with Crippen LogP contribution in [0.25, 0.3) is 22.6 Å². The minimum atomic E-state index is 1.23. The summed E-state index contributed by atoms with van der Waals surface area (Å²) in [5.41, 5.74) is 3.90. The van der Waals surface area contributed by atoms with E-state index in [0.29, 0.717) is 0 Å². The molecule has 0 saturated carbocycles. The van der Waals surface area contributed by atoms with Gasteiger partial charge in [0.2, 0.25) is 0 Å². The second kappa shape index (κ2) is 2.31. The van der Waals surface area contributed by atoms with Gasteiger partial charge in [-0.2, -0.15) is 0 Å². The van der Waals surface area contributed by atoms with Gasteiger partial charge in [0.25, 0.3) is 0 Å². The van der Waals surface area contributed by atoms with Crippen LogP contribution in [0.15, 0.2) is 48.1 Å². The summed E-state index contributed by atoms with van der Waals surface area (Å²) in [6.45, 7) is 0. The molecule has 0 aliphatic heterocycles. The summed E-state index contributed by atoms with van der Waals surface area (Å²) in [7, 11) is 0. The molecule has 1 nitrogen and oxygen atoms in total. The van der Waals surface area contributed by atoms with E-state index in [1.165, 1.54) is 32.6 Å². The molecule has 0 atom stereocenters. The average molecular weight is 191 g/mol. The van der Waals surface area contributed by atoms with E-state index in [-0.39, 0.29) is 0 Å². The maximum atomic E-state index is 3.49. The summed E-state index contributed by atoms with van der Waals surface area (Å²) in [5.74, 6) is 0. The first-order valence-electron chi connectivity index (χ1n) is 5.15. The highest BCUT2D eigenvalue weighted by molar-refractivity contribution is 5.95. The first kappa shape index (κ1) is 7.30. The van der Waals surface area contributed by atoms with Gasteiger partial charge in [0.1, 0.15) is 0 Å². The minimum absolute atomic E-state index is 1.23. The number of allylic oxidation sites excluding steroid dienone is 4. The molecule has 0 spiro atoms. The van der Waals surface area contributed by atoms with Gasteiger partial charge in [0, 0.05) is 21.7 Å². The molecular weight excluding hydrogens is 182 g/mol. The Labute approximate surface area is 86.7 Å². The summed E-state index contributed by atoms with van der Waals surface area (Å²) < 4.78 is 0. The number of hydrogen-bond donors (Lipinski definition) is 1. The third kappa shape index (κ3) is 0.785. The zero-order valence-corrected chi connectivity index (χ0v) is 8.12. The Hall–Kier alpha value is -2.02. The molecule has 0 fully saturated rings. The van der Waals surface area contributed by atoms with Gasteiger partial charge in [-0.3, -0.25) is 0 Å². The molecule has 2 aliphatic rings. The highest BCUT2D eigenvalue weighted by Crippen LogP contribution is 2.22. The van der Waals surface area contributed by atoms with Gasteiger partial charge in [0.05, 0.1) is 5.35 Å². The molecule has 2 aromatic rings. The van der Waals surface area contributed by atoms with E-state index in [0.717, 1.165) is 0 Å². The fourth-order valence-corrected chi connectivity index (χ4v) is 2.47. The number of hydrogen-bond acceptors (Lipinski definition) is 0. The van der Waals surface area contributed by atoms with Gasteiger partial charge < -0.3 is 4.98 Å². The topological polar surface area (TPSA) is 15.8 Å². The van der Waals surface area contributed by atoms with Gasteiger partial charge in [-0.15, -0.1) is 0 Å². The summed E-state index contributed by atoms with van der Waals surface area (Å²) in [6, 6.07) is 8.46. The maximum absolute atomic E-state index is 3.49. The quantitative estimate of drug-likeness (QED) is 0.651. The van der Waals surface area contributed by atoms with Crippen LogP contribution in [0.3, 0.4) is 0 Å². The van der Waals surface area contributed by atoms with E-state index in [4.69, 9.17) is 0 Å². The third-order valence-electron chi connectivity index (χ3n) is 3.17. The number of para-hydroxylation sites is 1. The first-order chi connectivity index (χ1) is 7.43. The number of fused-ring (bicyclic) bond motifs is 4. The lowest BCUT2D eigenvalue weighted by Gasteiger charge is -1.91. The number of nitrogens with one attached hydrogen (secondary N) is 1. The molecule has 0 bridgehead atoms. The standard InChI is InChI=1S/C14H9N/c1-2-7-13-11(5-1)12-8-9-4-3-6-10(9)14(12)15-13/h1-8,15H. The third-order valence-corrected chi connectivity index (χ3v) is 3.17. The van der Waals surface area contributed by atoms with Crippen molar-refractivity contribution in [2.24, 2.45) is 0 Å². The van der Waals surface area contributed by atoms with Crippen LogP contribution in [-0.2, 0) is 0 Å². The number of rotatable bonds is 0. The second-order valence-electron chi connectivity index (χ2n) is 4.00. The van der Waals surface area contributed by atoms with Crippen LogP contribution in [0, 0.1) is 0 Å². The second-order valence-corrected chi connectivity index (χ2v) is 4.00. The van der Waals surface area contributed by atoms with Crippen molar-refractivity contribution >= 4 is 22.6 Å². The van der Waals surface area contributed by atoms with Crippen LogP contribution < -0.4 is 10.6 Å². The van der Waals surface area contributed by atoms with Gasteiger partial charge in [-0.05, 0) is 17.7 Å². The van der Waals surface area contributed by atoms with Crippen molar-refractivity contribution in [1.82, 2.24) is 4.98 Å². The molecule has 70 valence electrons. The van der Waals surface area contributed by atoms with E-state index in [9.17, 15) is 0 Å². The summed E-state index contributed by atoms with van der Waals surface area (Å²) in [4.78, 5) is 3.49. The van der Waals surface area contributed by atoms with Crippen molar-refractivity contribution in [3.05, 3.63) is 58.6 Å². The maximum Gasteiger partial charge on any atom is 0.0544 e. The van der Waals surface area contributed by atoms with E-state index < -0.39 is 0 Å². The molecule has 0 saturated heterocycles. The summed E-state index contributed by atoms with van der Waals surface area (Å²) in [6.07, 6.45) is 8.71. The van der Waals surface area contributed by atoms with Crippen molar-refractivity contribution in [3.63, 3.8) is 0 Å². The van der Waals surface area contributed by atoms with Crippen LogP contribution in [0.1, 0.15) is 0 Å². The lowest BCUT2D eigenvalue weighted by atomic mass is 10.2. The molecule has 0 unspecified atom stereocenters. The molecule has 1 heterocycles. The van der Waals surface area contributed by atoms with Crippen molar-refractivity contribution in [3.8, 4) is 0 Å². The number of aromatic nitrogens is 1. The molecule has 0 amide bonds. The fraction of sp³-hybridized carbons (Fsp3) is 0. The average Bonchev–Trinajstić information content (AvgIpc) is 2.87. The Morgan fingerprint density at radius 1 is 1.07 bits per heavy atom. The van der Waals surface area contributed by atoms with E-state index in [1.807, 2.05) is 0 Å². The largest absolute Gasteiger partial charge is 0.354 e. The highest BCUT2D eigenvalue weighted by atomic mass is 14.7. The highest BCUT2D eigenvalue weighted by Gasteiger charge is 2.14. The van der Waals surface area contributed by atoms with E-state index in [1.54, 1.807) is 0 Å². The summed E-state index contributed by atoms with van der Waals surface area (Å²) in [5, 5.41) is 3.94. The van der Waals surface area contributed by atoms with Crippen LogP contribution in [0.2, 0.25) is 0 Å². The molecule has 4 rings (SSSR count). The molecule has 1 N–H and O–H groups in total.